The van der Waals surface area contributed by atoms with Gasteiger partial charge in [0.1, 0.15) is 0 Å². The molecule has 1 aliphatic rings. The number of likely N-dealkylation sites (N-methyl/N-ethyl adjacent to an activating group) is 2. The van der Waals surface area contributed by atoms with Crippen LogP contribution in [0.15, 0.2) is 10.7 Å². The number of nitrogens with one attached hydrogen (secondary N) is 1. The molecule has 0 bridgehead atoms. The van der Waals surface area contributed by atoms with Gasteiger partial charge in [-0.15, -0.1) is 0 Å². The van der Waals surface area contributed by atoms with Crippen LogP contribution in [-0.2, 0) is 7.05 Å². The molecule has 0 aromatic carbocycles. The summed E-state index contributed by atoms with van der Waals surface area (Å²) in [6.07, 6.45) is 4.27. The van der Waals surface area contributed by atoms with Crippen LogP contribution in [0.3, 0.4) is 0 Å². The smallest absolute Gasteiger partial charge is 0.0708 e. The van der Waals surface area contributed by atoms with E-state index < -0.39 is 0 Å². The maximum Gasteiger partial charge on any atom is 0.0708 e. The molecule has 21 heavy (non-hydrogen) atoms. The Labute approximate surface area is 136 Å². The van der Waals surface area contributed by atoms with Crippen molar-refractivity contribution in [2.45, 2.75) is 31.8 Å². The molecule has 1 fully saturated rings. The van der Waals surface area contributed by atoms with Gasteiger partial charge in [-0.3, -0.25) is 4.68 Å². The summed E-state index contributed by atoms with van der Waals surface area (Å²) in [7, 11) is 6.50. The zero-order valence-corrected chi connectivity index (χ0v) is 15.2. The highest BCUT2D eigenvalue weighted by atomic mass is 79.9. The molecule has 0 spiro atoms. The first-order chi connectivity index (χ1) is 10.0. The van der Waals surface area contributed by atoms with Crippen LogP contribution in [0.2, 0.25) is 0 Å². The van der Waals surface area contributed by atoms with Crippen molar-refractivity contribution in [1.82, 2.24) is 24.9 Å². The van der Waals surface area contributed by atoms with E-state index in [1.807, 2.05) is 17.9 Å². The monoisotopic (exact) mass is 357 g/mol. The van der Waals surface area contributed by atoms with Crippen molar-refractivity contribution in [2.75, 3.05) is 40.3 Å². The molecular weight excluding hydrogens is 330 g/mol. The van der Waals surface area contributed by atoms with E-state index in [0.29, 0.717) is 6.04 Å². The highest BCUT2D eigenvalue weighted by molar-refractivity contribution is 9.10. The van der Waals surface area contributed by atoms with E-state index in [1.165, 1.54) is 18.7 Å². The molecule has 5 nitrogen and oxygen atoms in total. The Morgan fingerprint density at radius 1 is 1.38 bits per heavy atom. The predicted molar refractivity (Wildman–Crippen MR) is 90.5 cm³/mol. The Morgan fingerprint density at radius 3 is 2.76 bits per heavy atom. The fraction of sp³-hybridized carbons (Fsp3) is 0.800. The lowest BCUT2D eigenvalue weighted by Gasteiger charge is -2.35. The van der Waals surface area contributed by atoms with Gasteiger partial charge in [0.25, 0.3) is 0 Å². The first-order valence-electron chi connectivity index (χ1n) is 7.84. The molecule has 0 aliphatic carbocycles. The van der Waals surface area contributed by atoms with Gasteiger partial charge in [0, 0.05) is 19.6 Å². The summed E-state index contributed by atoms with van der Waals surface area (Å²) in [5.41, 5.74) is 1.25. The molecular formula is C15H28BrN5. The molecule has 1 saturated heterocycles. The molecule has 1 aromatic rings. The number of hydrogen-bond donors (Lipinski definition) is 1. The summed E-state index contributed by atoms with van der Waals surface area (Å²) in [6.45, 7) is 6.64. The Hall–Kier alpha value is -0.430. The summed E-state index contributed by atoms with van der Waals surface area (Å²) in [5, 5.41) is 8.15. The van der Waals surface area contributed by atoms with Gasteiger partial charge < -0.3 is 15.1 Å². The molecule has 1 aromatic heterocycles. The van der Waals surface area contributed by atoms with Gasteiger partial charge in [-0.1, -0.05) is 6.92 Å². The van der Waals surface area contributed by atoms with Gasteiger partial charge in [-0.05, 0) is 62.5 Å². The van der Waals surface area contributed by atoms with Crippen molar-refractivity contribution >= 4 is 15.9 Å². The third-order valence-corrected chi connectivity index (χ3v) is 4.96. The van der Waals surface area contributed by atoms with Gasteiger partial charge in [-0.2, -0.15) is 5.10 Å². The van der Waals surface area contributed by atoms with E-state index in [0.717, 1.165) is 30.5 Å². The number of nitrogens with zero attached hydrogens (tertiary/aromatic N) is 4. The first-order valence-corrected chi connectivity index (χ1v) is 8.63. The van der Waals surface area contributed by atoms with Crippen molar-refractivity contribution in [3.05, 3.63) is 16.4 Å². The first kappa shape index (κ1) is 16.9. The second-order valence-corrected chi connectivity index (χ2v) is 6.95. The van der Waals surface area contributed by atoms with E-state index >= 15 is 0 Å². The Balaban J connectivity index is 2.29. The molecule has 0 radical (unpaired) electrons. The summed E-state index contributed by atoms with van der Waals surface area (Å²) >= 11 is 3.68. The van der Waals surface area contributed by atoms with E-state index in [4.69, 9.17) is 0 Å². The fourth-order valence-electron chi connectivity index (χ4n) is 3.15. The minimum Gasteiger partial charge on any atom is -0.307 e. The van der Waals surface area contributed by atoms with Gasteiger partial charge >= 0.3 is 0 Å². The number of aryl methyl sites for hydroxylation is 1. The van der Waals surface area contributed by atoms with Gasteiger partial charge in [0.2, 0.25) is 0 Å². The summed E-state index contributed by atoms with van der Waals surface area (Å²) in [4.78, 5) is 4.94. The average Bonchev–Trinajstić information content (AvgIpc) is 2.67. The van der Waals surface area contributed by atoms with Gasteiger partial charge in [0.05, 0.1) is 22.4 Å². The largest absolute Gasteiger partial charge is 0.307 e. The van der Waals surface area contributed by atoms with Gasteiger partial charge in [-0.25, -0.2) is 0 Å². The molecule has 2 rings (SSSR count). The van der Waals surface area contributed by atoms with Gasteiger partial charge in [0.15, 0.2) is 0 Å². The maximum atomic E-state index is 4.41. The van der Waals surface area contributed by atoms with E-state index in [2.05, 4.69) is 57.2 Å². The van der Waals surface area contributed by atoms with Crippen LogP contribution in [0.5, 0.6) is 0 Å². The molecule has 0 saturated carbocycles. The van der Waals surface area contributed by atoms with Crippen LogP contribution in [0, 0.1) is 0 Å². The zero-order chi connectivity index (χ0) is 15.4. The van der Waals surface area contributed by atoms with Crippen molar-refractivity contribution in [3.63, 3.8) is 0 Å². The van der Waals surface area contributed by atoms with Crippen LogP contribution >= 0.6 is 15.9 Å². The topological polar surface area (TPSA) is 36.3 Å². The Morgan fingerprint density at radius 2 is 2.14 bits per heavy atom. The third kappa shape index (κ3) is 4.06. The quantitative estimate of drug-likeness (QED) is 0.872. The van der Waals surface area contributed by atoms with E-state index in [9.17, 15) is 0 Å². The van der Waals surface area contributed by atoms with Crippen LogP contribution in [0.4, 0.5) is 0 Å². The van der Waals surface area contributed by atoms with E-state index in [-0.39, 0.29) is 6.04 Å². The molecule has 0 amide bonds. The highest BCUT2D eigenvalue weighted by Gasteiger charge is 2.32. The minimum absolute atomic E-state index is 0.289. The lowest BCUT2D eigenvalue weighted by molar-refractivity contribution is 0.173. The molecule has 6 heteroatoms. The van der Waals surface area contributed by atoms with Crippen LogP contribution in [0.1, 0.15) is 31.5 Å². The molecule has 120 valence electrons. The number of hydrogen-bond acceptors (Lipinski definition) is 4. The second kappa shape index (κ2) is 7.72. The normalized spacial score (nSPS) is 23.2. The third-order valence-electron chi connectivity index (χ3n) is 4.35. The Kier molecular flexibility index (Phi) is 6.22. The lowest BCUT2D eigenvalue weighted by Crippen LogP contribution is -2.48. The second-order valence-electron chi connectivity index (χ2n) is 6.10. The maximum absolute atomic E-state index is 4.41. The van der Waals surface area contributed by atoms with E-state index in [1.54, 1.807) is 0 Å². The fourth-order valence-corrected chi connectivity index (χ4v) is 3.75. The minimum atomic E-state index is 0.289. The summed E-state index contributed by atoms with van der Waals surface area (Å²) in [6, 6.07) is 0.744. The SMILES string of the molecule is CCCNC(c1c(Br)cnn1C)C1CN(C)CCCN1C. The molecule has 1 aliphatic heterocycles. The summed E-state index contributed by atoms with van der Waals surface area (Å²) < 4.78 is 3.09. The van der Waals surface area contributed by atoms with Crippen LogP contribution in [0.25, 0.3) is 0 Å². The summed E-state index contributed by atoms with van der Waals surface area (Å²) in [5.74, 6) is 0. The van der Waals surface area contributed by atoms with Crippen molar-refractivity contribution in [2.24, 2.45) is 7.05 Å². The number of halogens is 1. The highest BCUT2D eigenvalue weighted by Crippen LogP contribution is 2.28. The van der Waals surface area contributed by atoms with Crippen molar-refractivity contribution in [3.8, 4) is 0 Å². The van der Waals surface area contributed by atoms with Crippen molar-refractivity contribution < 1.29 is 0 Å². The predicted octanol–water partition coefficient (Wildman–Crippen LogP) is 1.86. The van der Waals surface area contributed by atoms with Crippen LogP contribution < -0.4 is 5.32 Å². The number of aromatic nitrogens is 2. The zero-order valence-electron chi connectivity index (χ0n) is 13.6. The average molecular weight is 358 g/mol. The lowest BCUT2D eigenvalue weighted by atomic mass is 10.0. The molecule has 2 unspecified atom stereocenters. The molecule has 2 heterocycles. The standard InChI is InChI=1S/C15H28BrN5/c1-5-7-17-14(15-12(16)10-18-21(15)4)13-11-19(2)8-6-9-20(13)3/h10,13-14,17H,5-9,11H2,1-4H3. The van der Waals surface area contributed by atoms with Crippen molar-refractivity contribution in [1.29, 1.82) is 0 Å². The van der Waals surface area contributed by atoms with Crippen LogP contribution in [-0.4, -0.2) is 65.9 Å². The number of rotatable bonds is 5. The Bertz CT molecular complexity index is 428. The molecule has 2 atom stereocenters. The molecule has 1 N–H and O–H groups in total.